The van der Waals surface area contributed by atoms with E-state index < -0.39 is 17.4 Å². The number of carbonyl (C=O) groups is 1. The molecule has 1 N–H and O–H groups in total. The van der Waals surface area contributed by atoms with Crippen molar-refractivity contribution in [3.63, 3.8) is 0 Å². The molecule has 1 unspecified atom stereocenters. The molecular weight excluding hydrogens is 378 g/mol. The zero-order valence-corrected chi connectivity index (χ0v) is 16.9. The normalized spacial score (nSPS) is 11.8. The van der Waals surface area contributed by atoms with Crippen LogP contribution < -0.4 is 14.2 Å². The number of Topliss-reactive ketones (excluding diaryl/α,β-unsaturated/α-hetero) is 1. The number of phenolic OH excluding ortho intramolecular Hbond substituents is 1. The molecule has 156 valence electrons. The van der Waals surface area contributed by atoms with Crippen molar-refractivity contribution in [2.24, 2.45) is 0 Å². The number of hydrogen-bond donors (Lipinski definition) is 1. The summed E-state index contributed by atoms with van der Waals surface area (Å²) >= 11 is 0. The molecule has 0 aliphatic heterocycles. The molecule has 0 fully saturated rings. The van der Waals surface area contributed by atoms with Crippen LogP contribution in [0.3, 0.4) is 0 Å². The Balaban J connectivity index is 2.32. The summed E-state index contributed by atoms with van der Waals surface area (Å²) in [5, 5.41) is 20.9. The van der Waals surface area contributed by atoms with Gasteiger partial charge in [-0.25, -0.2) is 0 Å². The first-order chi connectivity index (χ1) is 13.7. The molecule has 0 aromatic heterocycles. The molecular formula is C21H25NO7. The Morgan fingerprint density at radius 3 is 2.34 bits per heavy atom. The number of rotatable bonds is 10. The molecule has 0 saturated carbocycles. The molecule has 29 heavy (non-hydrogen) atoms. The summed E-state index contributed by atoms with van der Waals surface area (Å²) in [5.41, 5.74) is 0.911. The molecule has 2 rings (SSSR count). The lowest BCUT2D eigenvalue weighted by atomic mass is 9.91. The highest BCUT2D eigenvalue weighted by Gasteiger charge is 2.24. The number of nitrogens with zero attached hydrogens (tertiary/aromatic N) is 1. The fourth-order valence-electron chi connectivity index (χ4n) is 2.95. The van der Waals surface area contributed by atoms with Crippen LogP contribution in [0.15, 0.2) is 36.4 Å². The second kappa shape index (κ2) is 9.77. The van der Waals surface area contributed by atoms with Crippen molar-refractivity contribution in [1.29, 1.82) is 0 Å². The fraction of sp³-hybridized carbons (Fsp3) is 0.381. The quantitative estimate of drug-likeness (QED) is 0.365. The van der Waals surface area contributed by atoms with E-state index in [1.807, 2.05) is 13.8 Å². The number of aromatic hydroxyl groups is 1. The summed E-state index contributed by atoms with van der Waals surface area (Å²) in [6.07, 6.45) is -0.141. The van der Waals surface area contributed by atoms with Crippen LogP contribution in [0.1, 0.15) is 42.1 Å². The van der Waals surface area contributed by atoms with E-state index in [1.165, 1.54) is 32.4 Å². The third-order valence-corrected chi connectivity index (χ3v) is 4.32. The Morgan fingerprint density at radius 2 is 1.76 bits per heavy atom. The number of ketones is 1. The van der Waals surface area contributed by atoms with Gasteiger partial charge in [0.05, 0.1) is 26.2 Å². The molecule has 0 heterocycles. The molecule has 8 heteroatoms. The second-order valence-electron chi connectivity index (χ2n) is 6.80. The fourth-order valence-corrected chi connectivity index (χ4v) is 2.95. The predicted molar refractivity (Wildman–Crippen MR) is 107 cm³/mol. The minimum absolute atomic E-state index is 0.0598. The van der Waals surface area contributed by atoms with Crippen molar-refractivity contribution in [2.45, 2.75) is 32.3 Å². The minimum atomic E-state index is -0.653. The number of nitro groups is 1. The first kappa shape index (κ1) is 22.0. The van der Waals surface area contributed by atoms with Crippen LogP contribution in [0, 0.1) is 10.1 Å². The summed E-state index contributed by atoms with van der Waals surface area (Å²) in [6.45, 7) is 3.36. The monoisotopic (exact) mass is 403 g/mol. The topological polar surface area (TPSA) is 108 Å². The van der Waals surface area contributed by atoms with Crippen LogP contribution in [-0.2, 0) is 0 Å². The minimum Gasteiger partial charge on any atom is -0.504 e. The number of carbonyl (C=O) groups excluding carboxylic acids is 1. The molecule has 0 spiro atoms. The van der Waals surface area contributed by atoms with E-state index in [2.05, 4.69) is 0 Å². The van der Waals surface area contributed by atoms with Gasteiger partial charge in [0.25, 0.3) is 0 Å². The highest BCUT2D eigenvalue weighted by molar-refractivity contribution is 5.97. The van der Waals surface area contributed by atoms with E-state index in [0.29, 0.717) is 22.6 Å². The molecule has 0 aliphatic carbocycles. The van der Waals surface area contributed by atoms with E-state index in [9.17, 15) is 20.0 Å². The Bertz CT molecular complexity index is 879. The maximum absolute atomic E-state index is 12.7. The zero-order chi connectivity index (χ0) is 21.6. The highest BCUT2D eigenvalue weighted by atomic mass is 16.6. The number of hydrogen-bond acceptors (Lipinski definition) is 7. The summed E-state index contributed by atoms with van der Waals surface area (Å²) in [4.78, 5) is 23.5. The van der Waals surface area contributed by atoms with Gasteiger partial charge in [-0.3, -0.25) is 14.9 Å². The summed E-state index contributed by atoms with van der Waals surface area (Å²) in [5.74, 6) is 0.106. The Kier molecular flexibility index (Phi) is 7.41. The molecule has 8 nitrogen and oxygen atoms in total. The van der Waals surface area contributed by atoms with Gasteiger partial charge in [-0.1, -0.05) is 6.07 Å². The Morgan fingerprint density at radius 1 is 1.07 bits per heavy atom. The Hall–Kier alpha value is -3.29. The van der Waals surface area contributed by atoms with E-state index in [0.717, 1.165) is 0 Å². The standard InChI is InChI=1S/C21H25NO7/c1-13(2)29-19-8-6-14(10-21(19)28-4)16(12-22(25)26)9-18(24)15-5-7-17(23)20(11-15)27-3/h5-8,10-11,13,16,23H,9,12H2,1-4H3. The van der Waals surface area contributed by atoms with Crippen molar-refractivity contribution in [2.75, 3.05) is 20.8 Å². The van der Waals surface area contributed by atoms with Gasteiger partial charge in [0.2, 0.25) is 6.54 Å². The molecule has 2 aromatic rings. The van der Waals surface area contributed by atoms with Gasteiger partial charge in [0, 0.05) is 16.9 Å². The maximum Gasteiger partial charge on any atom is 0.211 e. The van der Waals surface area contributed by atoms with Crippen LogP contribution in [0.2, 0.25) is 0 Å². The van der Waals surface area contributed by atoms with Gasteiger partial charge in [-0.2, -0.15) is 0 Å². The predicted octanol–water partition coefficient (Wildman–Crippen LogP) is 3.83. The molecule has 0 bridgehead atoms. The van der Waals surface area contributed by atoms with Gasteiger partial charge in [0.15, 0.2) is 28.8 Å². The maximum atomic E-state index is 12.7. The molecule has 2 aromatic carbocycles. The van der Waals surface area contributed by atoms with Gasteiger partial charge < -0.3 is 19.3 Å². The van der Waals surface area contributed by atoms with Crippen LogP contribution in [0.5, 0.6) is 23.0 Å². The third kappa shape index (κ3) is 5.84. The van der Waals surface area contributed by atoms with E-state index in [1.54, 1.807) is 18.2 Å². The lowest BCUT2D eigenvalue weighted by Gasteiger charge is -2.17. The molecule has 0 saturated heterocycles. The molecule has 0 amide bonds. The van der Waals surface area contributed by atoms with Gasteiger partial charge >= 0.3 is 0 Å². The van der Waals surface area contributed by atoms with Crippen molar-refractivity contribution in [3.05, 3.63) is 57.6 Å². The summed E-state index contributed by atoms with van der Waals surface area (Å²) in [7, 11) is 2.87. The van der Waals surface area contributed by atoms with Crippen molar-refractivity contribution in [1.82, 2.24) is 0 Å². The van der Waals surface area contributed by atoms with E-state index in [-0.39, 0.29) is 29.8 Å². The molecule has 0 aliphatic rings. The first-order valence-electron chi connectivity index (χ1n) is 9.11. The summed E-state index contributed by atoms with van der Waals surface area (Å²) < 4.78 is 16.1. The van der Waals surface area contributed by atoms with Crippen LogP contribution in [-0.4, -0.2) is 42.7 Å². The first-order valence-corrected chi connectivity index (χ1v) is 9.11. The van der Waals surface area contributed by atoms with E-state index in [4.69, 9.17) is 14.2 Å². The largest absolute Gasteiger partial charge is 0.504 e. The average molecular weight is 403 g/mol. The van der Waals surface area contributed by atoms with Crippen LogP contribution in [0.4, 0.5) is 0 Å². The smallest absolute Gasteiger partial charge is 0.211 e. The number of benzene rings is 2. The van der Waals surface area contributed by atoms with Crippen molar-refractivity contribution >= 4 is 5.78 Å². The Labute approximate surface area is 169 Å². The zero-order valence-electron chi connectivity index (χ0n) is 16.9. The lowest BCUT2D eigenvalue weighted by molar-refractivity contribution is -0.483. The number of methoxy groups -OCH3 is 2. The van der Waals surface area contributed by atoms with Crippen LogP contribution in [0.25, 0.3) is 0 Å². The van der Waals surface area contributed by atoms with Gasteiger partial charge in [-0.05, 0) is 49.7 Å². The average Bonchev–Trinajstić information content (AvgIpc) is 2.67. The third-order valence-electron chi connectivity index (χ3n) is 4.32. The molecule has 1 atom stereocenters. The van der Waals surface area contributed by atoms with Crippen molar-refractivity contribution in [3.8, 4) is 23.0 Å². The summed E-state index contributed by atoms with van der Waals surface area (Å²) in [6, 6.07) is 9.30. The molecule has 0 radical (unpaired) electrons. The number of phenols is 1. The second-order valence-corrected chi connectivity index (χ2v) is 6.80. The van der Waals surface area contributed by atoms with Crippen molar-refractivity contribution < 1.29 is 29.0 Å². The highest BCUT2D eigenvalue weighted by Crippen LogP contribution is 2.34. The lowest BCUT2D eigenvalue weighted by Crippen LogP contribution is -2.17. The SMILES string of the molecule is COc1cc(C(=O)CC(C[N+](=O)[O-])c2ccc(OC(C)C)c(OC)c2)ccc1O. The van der Waals surface area contributed by atoms with Gasteiger partial charge in [0.1, 0.15) is 0 Å². The van der Waals surface area contributed by atoms with Gasteiger partial charge in [-0.15, -0.1) is 0 Å². The van der Waals surface area contributed by atoms with Crippen LogP contribution >= 0.6 is 0 Å². The van der Waals surface area contributed by atoms with E-state index >= 15 is 0 Å². The number of ether oxygens (including phenoxy) is 3.